The van der Waals surface area contributed by atoms with Gasteiger partial charge in [0.25, 0.3) is 0 Å². The summed E-state index contributed by atoms with van der Waals surface area (Å²) in [5.74, 6) is -1.09. The van der Waals surface area contributed by atoms with Crippen LogP contribution in [0.4, 0.5) is 0 Å². The zero-order chi connectivity index (χ0) is 12.7. The topological polar surface area (TPSA) is 43.4 Å². The number of carbonyl (C=O) groups is 2. The van der Waals surface area contributed by atoms with Crippen LogP contribution < -0.4 is 0 Å². The summed E-state index contributed by atoms with van der Waals surface area (Å²) in [6.45, 7) is 0. The Morgan fingerprint density at radius 1 is 1.29 bits per heavy atom. The number of benzene rings is 1. The highest BCUT2D eigenvalue weighted by atomic mass is 35.5. The number of ketones is 1. The molecule has 0 aliphatic heterocycles. The predicted molar refractivity (Wildman–Crippen MR) is 66.2 cm³/mol. The highest BCUT2D eigenvalue weighted by Gasteiger charge is 2.28. The first kappa shape index (κ1) is 13.7. The Balaban J connectivity index is 2.89. The highest BCUT2D eigenvalue weighted by molar-refractivity contribution is 6.18. The third-order valence-electron chi connectivity index (χ3n) is 2.45. The number of ether oxygens (including phenoxy) is 1. The first-order chi connectivity index (χ1) is 8.20. The van der Waals surface area contributed by atoms with Gasteiger partial charge in [-0.1, -0.05) is 30.3 Å². The number of alkyl halides is 1. The Kier molecular flexibility index (Phi) is 5.70. The molecule has 1 aromatic carbocycles. The molecule has 0 amide bonds. The second-order valence-electron chi connectivity index (χ2n) is 3.63. The molecule has 0 heterocycles. The quantitative estimate of drug-likeness (QED) is 0.445. The molecule has 0 spiro atoms. The molecule has 1 unspecified atom stereocenters. The second-order valence-corrected chi connectivity index (χ2v) is 4.00. The number of hydrogen-bond acceptors (Lipinski definition) is 3. The van der Waals surface area contributed by atoms with Crippen LogP contribution in [-0.4, -0.2) is 24.7 Å². The van der Waals surface area contributed by atoms with Crippen LogP contribution in [-0.2, 0) is 14.3 Å². The van der Waals surface area contributed by atoms with Crippen molar-refractivity contribution >= 4 is 23.4 Å². The van der Waals surface area contributed by atoms with E-state index >= 15 is 0 Å². The van der Waals surface area contributed by atoms with Gasteiger partial charge in [-0.15, -0.1) is 11.6 Å². The molecule has 0 aromatic heterocycles. The average molecular weight is 255 g/mol. The molecule has 0 radical (unpaired) electrons. The van der Waals surface area contributed by atoms with E-state index in [1.165, 1.54) is 7.11 Å². The fraction of sp³-hybridized carbons (Fsp3) is 0.385. The molecule has 0 N–H and O–H groups in total. The number of hydrogen-bond donors (Lipinski definition) is 0. The first-order valence-electron chi connectivity index (χ1n) is 5.42. The van der Waals surface area contributed by atoms with Crippen molar-refractivity contribution < 1.29 is 14.3 Å². The van der Waals surface area contributed by atoms with Crippen LogP contribution in [0.1, 0.15) is 24.3 Å². The fourth-order valence-electron chi connectivity index (χ4n) is 1.60. The molecule has 3 nitrogen and oxygen atoms in total. The van der Waals surface area contributed by atoms with Crippen molar-refractivity contribution in [2.75, 3.05) is 13.0 Å². The number of Topliss-reactive ketones (excluding diaryl/α,β-unsaturated/α-hetero) is 1. The lowest BCUT2D eigenvalue weighted by atomic mass is 9.92. The maximum absolute atomic E-state index is 11.9. The smallest absolute Gasteiger partial charge is 0.320 e. The van der Waals surface area contributed by atoms with Gasteiger partial charge >= 0.3 is 5.97 Å². The molecule has 0 saturated heterocycles. The predicted octanol–water partition coefficient (Wildman–Crippen LogP) is 2.53. The van der Waals surface area contributed by atoms with E-state index in [1.54, 1.807) is 24.3 Å². The van der Waals surface area contributed by atoms with Crippen molar-refractivity contribution in [2.45, 2.75) is 18.8 Å². The minimum absolute atomic E-state index is 0.149. The minimum atomic E-state index is -0.829. The standard InChI is InChI=1S/C13H15ClO3/c1-17-13(16)12(11(15)8-5-9-14)10-6-3-2-4-7-10/h2-4,6-7,12H,5,8-9H2,1H3. The molecule has 0 bridgehead atoms. The van der Waals surface area contributed by atoms with Gasteiger partial charge in [0.1, 0.15) is 5.92 Å². The van der Waals surface area contributed by atoms with Crippen molar-refractivity contribution in [3.05, 3.63) is 35.9 Å². The van der Waals surface area contributed by atoms with E-state index in [9.17, 15) is 9.59 Å². The number of methoxy groups -OCH3 is 1. The van der Waals surface area contributed by atoms with Gasteiger partial charge in [0.05, 0.1) is 7.11 Å². The molecule has 1 aromatic rings. The Bertz CT molecular complexity index is 376. The van der Waals surface area contributed by atoms with E-state index in [2.05, 4.69) is 4.74 Å². The van der Waals surface area contributed by atoms with Crippen molar-refractivity contribution in [2.24, 2.45) is 0 Å². The molecular weight excluding hydrogens is 240 g/mol. The van der Waals surface area contributed by atoms with Gasteiger partial charge in [0, 0.05) is 12.3 Å². The van der Waals surface area contributed by atoms with Crippen molar-refractivity contribution in [3.8, 4) is 0 Å². The van der Waals surface area contributed by atoms with Gasteiger partial charge in [-0.25, -0.2) is 0 Å². The highest BCUT2D eigenvalue weighted by Crippen LogP contribution is 2.20. The van der Waals surface area contributed by atoms with E-state index in [0.717, 1.165) is 0 Å². The third-order valence-corrected chi connectivity index (χ3v) is 2.72. The molecule has 4 heteroatoms. The van der Waals surface area contributed by atoms with Gasteiger partial charge in [-0.05, 0) is 12.0 Å². The van der Waals surface area contributed by atoms with Crippen LogP contribution in [0.5, 0.6) is 0 Å². The van der Waals surface area contributed by atoms with Crippen LogP contribution >= 0.6 is 11.6 Å². The van der Waals surface area contributed by atoms with Gasteiger partial charge in [-0.3, -0.25) is 9.59 Å². The van der Waals surface area contributed by atoms with E-state index in [1.807, 2.05) is 6.07 Å². The lowest BCUT2D eigenvalue weighted by molar-refractivity contribution is -0.145. The van der Waals surface area contributed by atoms with E-state index in [4.69, 9.17) is 11.6 Å². The summed E-state index contributed by atoms with van der Waals surface area (Å²) in [5.41, 5.74) is 0.666. The lowest BCUT2D eigenvalue weighted by Crippen LogP contribution is -2.23. The monoisotopic (exact) mass is 254 g/mol. The van der Waals surface area contributed by atoms with Gasteiger partial charge in [0.15, 0.2) is 5.78 Å². The summed E-state index contributed by atoms with van der Waals surface area (Å²) in [6.07, 6.45) is 0.860. The van der Waals surface area contributed by atoms with Crippen molar-refractivity contribution in [1.82, 2.24) is 0 Å². The summed E-state index contributed by atoms with van der Waals surface area (Å²) in [7, 11) is 1.28. The van der Waals surface area contributed by atoms with Crippen molar-refractivity contribution in [3.63, 3.8) is 0 Å². The number of halogens is 1. The Labute approximate surface area is 106 Å². The zero-order valence-electron chi connectivity index (χ0n) is 9.69. The first-order valence-corrected chi connectivity index (χ1v) is 5.95. The van der Waals surface area contributed by atoms with Crippen LogP contribution in [0.25, 0.3) is 0 Å². The molecule has 0 aliphatic rings. The number of esters is 1. The maximum atomic E-state index is 11.9. The number of carbonyl (C=O) groups excluding carboxylic acids is 2. The summed E-state index contributed by atoms with van der Waals surface area (Å²) in [6, 6.07) is 8.92. The molecular formula is C13H15ClO3. The SMILES string of the molecule is COC(=O)C(C(=O)CCCCl)c1ccccc1. The van der Waals surface area contributed by atoms with E-state index in [0.29, 0.717) is 17.9 Å². The summed E-state index contributed by atoms with van der Waals surface area (Å²) in [5, 5.41) is 0. The molecule has 0 fully saturated rings. The molecule has 17 heavy (non-hydrogen) atoms. The average Bonchev–Trinajstić information content (AvgIpc) is 2.37. The third kappa shape index (κ3) is 3.86. The lowest BCUT2D eigenvalue weighted by Gasteiger charge is -2.13. The van der Waals surface area contributed by atoms with Gasteiger partial charge in [0.2, 0.25) is 0 Å². The molecule has 1 rings (SSSR count). The maximum Gasteiger partial charge on any atom is 0.320 e. The van der Waals surface area contributed by atoms with Crippen LogP contribution in [0.2, 0.25) is 0 Å². The fourth-order valence-corrected chi connectivity index (χ4v) is 1.74. The van der Waals surface area contributed by atoms with E-state index < -0.39 is 11.9 Å². The van der Waals surface area contributed by atoms with Crippen molar-refractivity contribution in [1.29, 1.82) is 0 Å². The van der Waals surface area contributed by atoms with Crippen LogP contribution in [0, 0.1) is 0 Å². The van der Waals surface area contributed by atoms with Crippen LogP contribution in [0.15, 0.2) is 30.3 Å². The largest absolute Gasteiger partial charge is 0.468 e. The summed E-state index contributed by atoms with van der Waals surface area (Å²) >= 11 is 5.54. The zero-order valence-corrected chi connectivity index (χ0v) is 10.4. The normalized spacial score (nSPS) is 11.9. The minimum Gasteiger partial charge on any atom is -0.468 e. The molecule has 92 valence electrons. The Morgan fingerprint density at radius 3 is 2.47 bits per heavy atom. The van der Waals surface area contributed by atoms with Gasteiger partial charge in [-0.2, -0.15) is 0 Å². The summed E-state index contributed by atoms with van der Waals surface area (Å²) in [4.78, 5) is 23.6. The molecule has 1 atom stereocenters. The van der Waals surface area contributed by atoms with E-state index in [-0.39, 0.29) is 12.2 Å². The Morgan fingerprint density at radius 2 is 1.94 bits per heavy atom. The molecule has 0 saturated carbocycles. The van der Waals surface area contributed by atoms with Gasteiger partial charge < -0.3 is 4.74 Å². The Hall–Kier alpha value is -1.35. The summed E-state index contributed by atoms with van der Waals surface area (Å²) < 4.78 is 4.68. The number of rotatable bonds is 6. The molecule has 0 aliphatic carbocycles. The second kappa shape index (κ2) is 7.07. The van der Waals surface area contributed by atoms with Crippen LogP contribution in [0.3, 0.4) is 0 Å².